The molecule has 1 atom stereocenters. The number of carbonyl (C=O) groups is 2. The lowest BCUT2D eigenvalue weighted by atomic mass is 10.1. The molecule has 1 unspecified atom stereocenters. The Balaban J connectivity index is 1.37. The van der Waals surface area contributed by atoms with Crippen molar-refractivity contribution in [2.45, 2.75) is 31.3 Å². The third-order valence-electron chi connectivity index (χ3n) is 5.90. The predicted octanol–water partition coefficient (Wildman–Crippen LogP) is 6.18. The third-order valence-corrected chi connectivity index (χ3v) is 6.84. The fraction of sp³-hybridized carbons (Fsp3) is 0.222. The van der Waals surface area contributed by atoms with Gasteiger partial charge in [-0.05, 0) is 97.8 Å². The van der Waals surface area contributed by atoms with E-state index in [2.05, 4.69) is 23.7 Å². The molecule has 0 spiro atoms. The number of thioether (sulfide) groups is 1. The average molecular weight is 611 g/mol. The topological polar surface area (TPSA) is 102 Å². The van der Waals surface area contributed by atoms with Crippen molar-refractivity contribution in [3.05, 3.63) is 113 Å². The van der Waals surface area contributed by atoms with Crippen LogP contribution in [0.4, 0.5) is 0 Å². The highest BCUT2D eigenvalue weighted by atomic mass is 32.2. The lowest BCUT2D eigenvalue weighted by Gasteiger charge is -2.12. The van der Waals surface area contributed by atoms with E-state index in [1.165, 1.54) is 0 Å². The molecule has 3 rings (SSSR count). The van der Waals surface area contributed by atoms with E-state index < -0.39 is 18.0 Å². The SMILES string of the molecule is CCOC(Cc1ccc(OC/C=C/C#Cc2ccc(C#C/C=C/CSc3ccc(OCC(=O)O)c(C)c3)cc2)cc1)C(=O)O. The average Bonchev–Trinajstić information content (AvgIpc) is 3.01. The molecule has 0 saturated carbocycles. The largest absolute Gasteiger partial charge is 0.490 e. The number of aliphatic carboxylic acids is 2. The van der Waals surface area contributed by atoms with Gasteiger partial charge in [-0.2, -0.15) is 0 Å². The first kappa shape index (κ1) is 33.6. The Morgan fingerprint density at radius 2 is 1.55 bits per heavy atom. The van der Waals surface area contributed by atoms with Crippen LogP contribution < -0.4 is 9.47 Å². The summed E-state index contributed by atoms with van der Waals surface area (Å²) in [5.74, 6) is 12.3. The Kier molecular flexibility index (Phi) is 14.2. The van der Waals surface area contributed by atoms with Crippen molar-refractivity contribution in [3.8, 4) is 35.2 Å². The van der Waals surface area contributed by atoms with Crippen molar-refractivity contribution in [2.24, 2.45) is 0 Å². The van der Waals surface area contributed by atoms with E-state index in [1.807, 2.05) is 85.8 Å². The number of allylic oxidation sites excluding steroid dienone is 2. The predicted molar refractivity (Wildman–Crippen MR) is 172 cm³/mol. The van der Waals surface area contributed by atoms with E-state index in [0.29, 0.717) is 31.1 Å². The second kappa shape index (κ2) is 18.6. The maximum atomic E-state index is 11.2. The molecule has 7 nitrogen and oxygen atoms in total. The second-order valence-electron chi connectivity index (χ2n) is 9.28. The monoisotopic (exact) mass is 610 g/mol. The number of ether oxygens (including phenoxy) is 3. The smallest absolute Gasteiger partial charge is 0.341 e. The maximum Gasteiger partial charge on any atom is 0.341 e. The van der Waals surface area contributed by atoms with E-state index in [0.717, 1.165) is 32.9 Å². The molecule has 3 aromatic carbocycles. The van der Waals surface area contributed by atoms with Gasteiger partial charge in [0.2, 0.25) is 0 Å². The molecule has 0 aliphatic rings. The van der Waals surface area contributed by atoms with Gasteiger partial charge in [-0.15, -0.1) is 11.8 Å². The van der Waals surface area contributed by atoms with E-state index in [4.69, 9.17) is 19.3 Å². The quantitative estimate of drug-likeness (QED) is 0.165. The van der Waals surface area contributed by atoms with Gasteiger partial charge in [0.05, 0.1) is 0 Å². The Labute approximate surface area is 262 Å². The Morgan fingerprint density at radius 1 is 0.886 bits per heavy atom. The molecule has 0 saturated heterocycles. The molecule has 0 amide bonds. The van der Waals surface area contributed by atoms with Crippen molar-refractivity contribution in [1.29, 1.82) is 0 Å². The van der Waals surface area contributed by atoms with Crippen LogP contribution in [0.1, 0.15) is 29.2 Å². The third kappa shape index (κ3) is 12.5. The molecule has 0 aromatic heterocycles. The summed E-state index contributed by atoms with van der Waals surface area (Å²) in [5, 5.41) is 18.0. The number of hydrogen-bond donors (Lipinski definition) is 2. The molecule has 0 radical (unpaired) electrons. The van der Waals surface area contributed by atoms with E-state index in [9.17, 15) is 14.7 Å². The van der Waals surface area contributed by atoms with Crippen molar-refractivity contribution >= 4 is 23.7 Å². The van der Waals surface area contributed by atoms with Crippen LogP contribution in [0.5, 0.6) is 11.5 Å². The summed E-state index contributed by atoms with van der Waals surface area (Å²) in [6, 6.07) is 20.7. The van der Waals surface area contributed by atoms with Crippen LogP contribution in [0.2, 0.25) is 0 Å². The highest BCUT2D eigenvalue weighted by Crippen LogP contribution is 2.25. The van der Waals surface area contributed by atoms with Crippen LogP contribution in [0.15, 0.2) is 95.9 Å². The summed E-state index contributed by atoms with van der Waals surface area (Å²) in [6.07, 6.45) is 6.84. The van der Waals surface area contributed by atoms with Gasteiger partial charge < -0.3 is 24.4 Å². The van der Waals surface area contributed by atoms with Gasteiger partial charge in [-0.25, -0.2) is 9.59 Å². The molecule has 0 bridgehead atoms. The Morgan fingerprint density at radius 3 is 2.14 bits per heavy atom. The standard InChI is InChI=1S/C36H34O7S/c1-3-41-34(36(39)40)25-30-16-18-31(19-17-30)42-22-8-4-6-10-28-12-14-29(15-13-28)11-7-5-9-23-44-32-20-21-33(27(2)24-32)43-26-35(37)38/h4-5,8-9,12-21,24,34H,3,22-23,25-26H2,1-2H3,(H,37,38)(H,39,40)/b8-4+,9-5+. The second-order valence-corrected chi connectivity index (χ2v) is 10.4. The molecule has 8 heteroatoms. The van der Waals surface area contributed by atoms with Crippen molar-refractivity contribution < 1.29 is 34.0 Å². The number of benzene rings is 3. The molecular weight excluding hydrogens is 576 g/mol. The highest BCUT2D eigenvalue weighted by Gasteiger charge is 2.17. The van der Waals surface area contributed by atoms with Crippen LogP contribution in [-0.4, -0.2) is 53.8 Å². The van der Waals surface area contributed by atoms with Gasteiger partial charge in [0.1, 0.15) is 18.1 Å². The van der Waals surface area contributed by atoms with E-state index >= 15 is 0 Å². The van der Waals surface area contributed by atoms with Crippen LogP contribution in [-0.2, 0) is 20.7 Å². The first-order chi connectivity index (χ1) is 21.3. The minimum absolute atomic E-state index is 0.303. The van der Waals surface area contributed by atoms with Crippen LogP contribution in [0, 0.1) is 30.6 Å². The minimum atomic E-state index is -0.999. The minimum Gasteiger partial charge on any atom is -0.490 e. The van der Waals surface area contributed by atoms with Crippen LogP contribution in [0.25, 0.3) is 0 Å². The van der Waals surface area contributed by atoms with Crippen molar-refractivity contribution in [3.63, 3.8) is 0 Å². The van der Waals surface area contributed by atoms with E-state index in [1.54, 1.807) is 30.8 Å². The van der Waals surface area contributed by atoms with Gasteiger partial charge in [0, 0.05) is 34.8 Å². The van der Waals surface area contributed by atoms with Crippen LogP contribution >= 0.6 is 11.8 Å². The number of aryl methyl sites for hydroxylation is 1. The van der Waals surface area contributed by atoms with Crippen molar-refractivity contribution in [1.82, 2.24) is 0 Å². The van der Waals surface area contributed by atoms with Gasteiger partial charge in [-0.1, -0.05) is 41.9 Å². The number of rotatable bonds is 14. The highest BCUT2D eigenvalue weighted by molar-refractivity contribution is 7.99. The maximum absolute atomic E-state index is 11.2. The molecule has 0 fully saturated rings. The van der Waals surface area contributed by atoms with Gasteiger partial charge in [0.25, 0.3) is 0 Å². The summed E-state index contributed by atoms with van der Waals surface area (Å²) in [7, 11) is 0. The molecular formula is C36H34O7S. The normalized spacial score (nSPS) is 11.3. The lowest BCUT2D eigenvalue weighted by Crippen LogP contribution is -2.26. The first-order valence-electron chi connectivity index (χ1n) is 13.9. The molecule has 0 heterocycles. The van der Waals surface area contributed by atoms with Crippen LogP contribution in [0.3, 0.4) is 0 Å². The molecule has 44 heavy (non-hydrogen) atoms. The molecule has 0 aliphatic carbocycles. The summed E-state index contributed by atoms with van der Waals surface area (Å²) in [5.41, 5.74) is 3.53. The summed E-state index contributed by atoms with van der Waals surface area (Å²) < 4.78 is 16.2. The van der Waals surface area contributed by atoms with E-state index in [-0.39, 0.29) is 6.61 Å². The molecule has 226 valence electrons. The molecule has 2 N–H and O–H groups in total. The zero-order valence-electron chi connectivity index (χ0n) is 24.6. The molecule has 0 aliphatic heterocycles. The molecule has 3 aromatic rings. The Bertz CT molecular complexity index is 1570. The number of hydrogen-bond acceptors (Lipinski definition) is 6. The van der Waals surface area contributed by atoms with Gasteiger partial charge in [-0.3, -0.25) is 0 Å². The first-order valence-corrected chi connectivity index (χ1v) is 14.9. The fourth-order valence-corrected chi connectivity index (χ4v) is 4.57. The summed E-state index contributed by atoms with van der Waals surface area (Å²) >= 11 is 1.66. The number of carboxylic acids is 2. The van der Waals surface area contributed by atoms with Crippen molar-refractivity contribution in [2.75, 3.05) is 25.6 Å². The van der Waals surface area contributed by atoms with Gasteiger partial charge in [0.15, 0.2) is 12.7 Å². The zero-order chi connectivity index (χ0) is 31.6. The Hall–Kier alpha value is -4.89. The summed E-state index contributed by atoms with van der Waals surface area (Å²) in [4.78, 5) is 23.0. The fourth-order valence-electron chi connectivity index (χ4n) is 3.76. The lowest BCUT2D eigenvalue weighted by molar-refractivity contribution is -0.150. The zero-order valence-corrected chi connectivity index (χ0v) is 25.4. The summed E-state index contributed by atoms with van der Waals surface area (Å²) in [6.45, 7) is 4.02. The van der Waals surface area contributed by atoms with Gasteiger partial charge >= 0.3 is 11.9 Å². The number of carboxylic acid groups (broad SMARTS) is 2.